The van der Waals surface area contributed by atoms with Crippen molar-refractivity contribution in [3.8, 4) is 0 Å². The van der Waals surface area contributed by atoms with Crippen LogP contribution in [0.25, 0.3) is 0 Å². The third kappa shape index (κ3) is 3.47. The molecule has 0 radical (unpaired) electrons. The molecule has 0 amide bonds. The summed E-state index contributed by atoms with van der Waals surface area (Å²) in [6.07, 6.45) is -4.70. The average Bonchev–Trinajstić information content (AvgIpc) is 2.11. The molecule has 4 N–H and O–H groups in total. The van der Waals surface area contributed by atoms with Crippen molar-refractivity contribution < 1.29 is 25.2 Å². The van der Waals surface area contributed by atoms with Gasteiger partial charge in [0.2, 0.25) is 0 Å². The van der Waals surface area contributed by atoms with Crippen molar-refractivity contribution in [2.24, 2.45) is 0 Å². The van der Waals surface area contributed by atoms with Gasteiger partial charge in [0, 0.05) is 0 Å². The van der Waals surface area contributed by atoms with Gasteiger partial charge in [-0.25, -0.2) is 0 Å². The van der Waals surface area contributed by atoms with Gasteiger partial charge in [0.25, 0.3) is 0 Å². The van der Waals surface area contributed by atoms with Crippen LogP contribution in [-0.2, 0) is 4.79 Å². The van der Waals surface area contributed by atoms with Gasteiger partial charge in [-0.1, -0.05) is 19.6 Å². The maximum absolute atomic E-state index is 11.5. The quantitative estimate of drug-likeness (QED) is 0.425. The van der Waals surface area contributed by atoms with Gasteiger partial charge in [0.05, 0.1) is 6.61 Å². The first kappa shape index (κ1) is 13.7. The van der Waals surface area contributed by atoms with Crippen LogP contribution < -0.4 is 0 Å². The molecule has 6 heteroatoms. The highest BCUT2D eigenvalue weighted by molar-refractivity contribution is 7.04. The van der Waals surface area contributed by atoms with Crippen LogP contribution >= 0.6 is 0 Å². The Morgan fingerprint density at radius 2 is 1.64 bits per heavy atom. The number of carbonyl (C=O) groups excluding carboxylic acids is 1. The first-order valence-electron chi connectivity index (χ1n) is 4.41. The van der Waals surface area contributed by atoms with Crippen molar-refractivity contribution >= 4 is 13.5 Å². The maximum Gasteiger partial charge on any atom is 0.141 e. The summed E-state index contributed by atoms with van der Waals surface area (Å²) in [5.74, 6) is 0. The molecule has 14 heavy (non-hydrogen) atoms. The zero-order chi connectivity index (χ0) is 11.5. The van der Waals surface area contributed by atoms with Crippen LogP contribution in [0.4, 0.5) is 0 Å². The summed E-state index contributed by atoms with van der Waals surface area (Å²) < 4.78 is 0. The minimum atomic E-state index is -2.19. The molecule has 0 unspecified atom stereocenters. The van der Waals surface area contributed by atoms with E-state index in [-0.39, 0.29) is 0 Å². The lowest BCUT2D eigenvalue weighted by molar-refractivity contribution is -0.133. The van der Waals surface area contributed by atoms with Crippen LogP contribution in [0.5, 0.6) is 0 Å². The summed E-state index contributed by atoms with van der Waals surface area (Å²) in [6.45, 7) is 4.51. The predicted molar refractivity (Wildman–Crippen MR) is 53.5 cm³/mol. The fraction of sp³-hybridized carbons (Fsp3) is 0.875. The predicted octanol–water partition coefficient (Wildman–Crippen LogP) is -1.49. The normalized spacial score (nSPS) is 18.8. The first-order chi connectivity index (χ1) is 6.21. The van der Waals surface area contributed by atoms with Gasteiger partial charge in [-0.15, -0.1) is 0 Å². The van der Waals surface area contributed by atoms with Gasteiger partial charge in [-0.05, 0) is 0 Å². The first-order valence-corrected chi connectivity index (χ1v) is 7.91. The molecule has 0 saturated heterocycles. The van der Waals surface area contributed by atoms with Crippen LogP contribution in [0.15, 0.2) is 0 Å². The summed E-state index contributed by atoms with van der Waals surface area (Å²) in [6, 6.07) is 0. The van der Waals surface area contributed by atoms with E-state index in [1.807, 2.05) is 0 Å². The van der Waals surface area contributed by atoms with E-state index < -0.39 is 38.4 Å². The van der Waals surface area contributed by atoms with E-state index in [0.717, 1.165) is 0 Å². The molecule has 0 rings (SSSR count). The molecule has 0 aromatic heterocycles. The van der Waals surface area contributed by atoms with Crippen LogP contribution in [-0.4, -0.2) is 58.8 Å². The topological polar surface area (TPSA) is 98.0 Å². The Labute approximate surface area is 84.0 Å². The third-order valence-corrected chi connectivity index (χ3v) is 3.69. The number of hydrogen-bond acceptors (Lipinski definition) is 5. The molecule has 0 aliphatic carbocycles. The Morgan fingerprint density at radius 3 is 1.93 bits per heavy atom. The second-order valence-electron chi connectivity index (χ2n) is 4.30. The second kappa shape index (κ2) is 4.99. The maximum atomic E-state index is 11.5. The zero-order valence-corrected chi connectivity index (χ0v) is 9.64. The van der Waals surface area contributed by atoms with Crippen molar-refractivity contribution in [1.82, 2.24) is 0 Å². The lowest BCUT2D eigenvalue weighted by Crippen LogP contribution is -2.51. The summed E-state index contributed by atoms with van der Waals surface area (Å²) in [4.78, 5) is 11.5. The number of rotatable bonds is 5. The lowest BCUT2D eigenvalue weighted by Gasteiger charge is -2.25. The van der Waals surface area contributed by atoms with Crippen LogP contribution in [0.2, 0.25) is 19.6 Å². The van der Waals surface area contributed by atoms with E-state index in [0.29, 0.717) is 0 Å². The van der Waals surface area contributed by atoms with E-state index in [2.05, 4.69) is 0 Å². The molecule has 0 bridgehead atoms. The fourth-order valence-corrected chi connectivity index (χ4v) is 1.98. The van der Waals surface area contributed by atoms with Crippen molar-refractivity contribution in [2.75, 3.05) is 6.61 Å². The van der Waals surface area contributed by atoms with E-state index in [9.17, 15) is 15.0 Å². The second-order valence-corrected chi connectivity index (χ2v) is 9.29. The number of aliphatic hydroxyl groups excluding tert-OH is 4. The minimum absolute atomic E-state index is 0.433. The summed E-state index contributed by atoms with van der Waals surface area (Å²) in [5.41, 5.74) is 0. The molecular formula is C8H18O5Si. The van der Waals surface area contributed by atoms with Crippen LogP contribution in [0.3, 0.4) is 0 Å². The Balaban J connectivity index is 4.47. The number of carbonyl (C=O) groups is 1. The van der Waals surface area contributed by atoms with E-state index in [4.69, 9.17) is 10.2 Å². The van der Waals surface area contributed by atoms with E-state index >= 15 is 0 Å². The molecule has 3 atom stereocenters. The van der Waals surface area contributed by atoms with Gasteiger partial charge in [0.15, 0.2) is 0 Å². The Bertz CT molecular complexity index is 200. The smallest absolute Gasteiger partial charge is 0.141 e. The van der Waals surface area contributed by atoms with E-state index in [1.165, 1.54) is 0 Å². The molecule has 0 aliphatic rings. The molecule has 5 nitrogen and oxygen atoms in total. The van der Waals surface area contributed by atoms with Crippen molar-refractivity contribution in [2.45, 2.75) is 38.0 Å². The van der Waals surface area contributed by atoms with Gasteiger partial charge in [0.1, 0.15) is 31.8 Å². The SMILES string of the molecule is C[Si](C)(C)C(=O)[C@@H](O)[C@H](O)[C@H](O)CO. The Hall–Kier alpha value is -0.273. The lowest BCUT2D eigenvalue weighted by atomic mass is 10.1. The number of hydrogen-bond donors (Lipinski definition) is 4. The Morgan fingerprint density at radius 1 is 1.21 bits per heavy atom. The largest absolute Gasteiger partial charge is 0.394 e. The van der Waals surface area contributed by atoms with Crippen LogP contribution in [0.1, 0.15) is 0 Å². The van der Waals surface area contributed by atoms with Crippen molar-refractivity contribution in [3.63, 3.8) is 0 Å². The zero-order valence-electron chi connectivity index (χ0n) is 8.64. The minimum Gasteiger partial charge on any atom is -0.394 e. The molecule has 0 fully saturated rings. The third-order valence-electron chi connectivity index (χ3n) is 1.91. The summed E-state index contributed by atoms with van der Waals surface area (Å²) in [7, 11) is -2.19. The highest BCUT2D eigenvalue weighted by Crippen LogP contribution is 2.10. The molecule has 0 heterocycles. The monoisotopic (exact) mass is 222 g/mol. The number of aliphatic hydroxyl groups is 4. The molecular weight excluding hydrogens is 204 g/mol. The highest BCUT2D eigenvalue weighted by Gasteiger charge is 2.36. The Kier molecular flexibility index (Phi) is 4.89. The summed E-state index contributed by atoms with van der Waals surface area (Å²) in [5, 5.41) is 35.7. The molecule has 0 aromatic rings. The van der Waals surface area contributed by atoms with Crippen molar-refractivity contribution in [1.29, 1.82) is 0 Å². The molecule has 0 aliphatic heterocycles. The molecule has 0 aromatic carbocycles. The van der Waals surface area contributed by atoms with Crippen LogP contribution in [0, 0.1) is 0 Å². The molecule has 0 spiro atoms. The molecule has 0 saturated carbocycles. The van der Waals surface area contributed by atoms with Gasteiger partial charge in [-0.2, -0.15) is 0 Å². The van der Waals surface area contributed by atoms with Gasteiger partial charge < -0.3 is 25.2 Å². The summed E-state index contributed by atoms with van der Waals surface area (Å²) >= 11 is 0. The highest BCUT2D eigenvalue weighted by atomic mass is 28.3. The van der Waals surface area contributed by atoms with Crippen molar-refractivity contribution in [3.05, 3.63) is 0 Å². The van der Waals surface area contributed by atoms with E-state index in [1.54, 1.807) is 19.6 Å². The van der Waals surface area contributed by atoms with Gasteiger partial charge >= 0.3 is 0 Å². The van der Waals surface area contributed by atoms with Gasteiger partial charge in [-0.3, -0.25) is 0 Å². The molecule has 84 valence electrons. The average molecular weight is 222 g/mol. The fourth-order valence-electron chi connectivity index (χ4n) is 0.917. The standard InChI is InChI=1S/C8H18O5Si/c1-14(2,3)8(13)7(12)6(11)5(10)4-9/h5-7,9-12H,4H2,1-3H3/t5-,6-,7+/m1/s1.